The Morgan fingerprint density at radius 1 is 0.853 bits per heavy atom. The van der Waals surface area contributed by atoms with E-state index in [9.17, 15) is 4.79 Å². The lowest BCUT2D eigenvalue weighted by Gasteiger charge is -2.11. The molecule has 0 bridgehead atoms. The van der Waals surface area contributed by atoms with E-state index < -0.39 is 0 Å². The van der Waals surface area contributed by atoms with E-state index in [1.54, 1.807) is 13.3 Å². The summed E-state index contributed by atoms with van der Waals surface area (Å²) < 4.78 is 5.16. The summed E-state index contributed by atoms with van der Waals surface area (Å²) in [7, 11) is 1.63. The molecule has 0 fully saturated rings. The van der Waals surface area contributed by atoms with Crippen LogP contribution in [0.1, 0.15) is 17.8 Å². The molecule has 0 saturated heterocycles. The SMILES string of the molecule is COc1ccc(CCC(=O)Nc2ccc(Nc3cc(Nc4ccccn4)nc(C)n3)cc2)cc1. The van der Waals surface area contributed by atoms with Gasteiger partial charge in [-0.05, 0) is 67.4 Å². The van der Waals surface area contributed by atoms with E-state index in [0.29, 0.717) is 36.1 Å². The number of nitrogens with one attached hydrogen (secondary N) is 3. The Morgan fingerprint density at radius 3 is 2.24 bits per heavy atom. The van der Waals surface area contributed by atoms with Crippen molar-refractivity contribution >= 4 is 34.7 Å². The van der Waals surface area contributed by atoms with Crippen molar-refractivity contribution in [2.75, 3.05) is 23.1 Å². The average Bonchev–Trinajstić information content (AvgIpc) is 2.84. The number of carbonyl (C=O) groups excluding carboxylic acids is 1. The highest BCUT2D eigenvalue weighted by Crippen LogP contribution is 2.21. The van der Waals surface area contributed by atoms with Gasteiger partial charge in [-0.25, -0.2) is 15.0 Å². The van der Waals surface area contributed by atoms with Gasteiger partial charge in [0.2, 0.25) is 5.91 Å². The highest BCUT2D eigenvalue weighted by atomic mass is 16.5. The van der Waals surface area contributed by atoms with Crippen LogP contribution >= 0.6 is 0 Å². The van der Waals surface area contributed by atoms with Crippen LogP contribution in [0.15, 0.2) is 79.0 Å². The number of anilines is 5. The lowest BCUT2D eigenvalue weighted by Crippen LogP contribution is -2.12. The number of nitrogens with zero attached hydrogens (tertiary/aromatic N) is 3. The third-order valence-corrected chi connectivity index (χ3v) is 5.00. The number of pyridine rings is 1. The maximum absolute atomic E-state index is 12.3. The van der Waals surface area contributed by atoms with Crippen molar-refractivity contribution in [3.05, 3.63) is 90.4 Å². The van der Waals surface area contributed by atoms with Crippen molar-refractivity contribution in [3.8, 4) is 5.75 Å². The molecular formula is C26H26N6O2. The third-order valence-electron chi connectivity index (χ3n) is 5.00. The van der Waals surface area contributed by atoms with Gasteiger partial charge in [0.1, 0.15) is 29.0 Å². The summed E-state index contributed by atoms with van der Waals surface area (Å²) in [6.45, 7) is 1.83. The minimum absolute atomic E-state index is 0.0341. The minimum Gasteiger partial charge on any atom is -0.497 e. The molecule has 0 atom stereocenters. The Kier molecular flexibility index (Phi) is 7.29. The molecule has 4 aromatic rings. The smallest absolute Gasteiger partial charge is 0.224 e. The summed E-state index contributed by atoms with van der Waals surface area (Å²) >= 11 is 0. The molecule has 0 radical (unpaired) electrons. The molecular weight excluding hydrogens is 428 g/mol. The zero-order chi connectivity index (χ0) is 23.8. The van der Waals surface area contributed by atoms with Gasteiger partial charge in [-0.1, -0.05) is 18.2 Å². The van der Waals surface area contributed by atoms with E-state index in [1.165, 1.54) is 0 Å². The van der Waals surface area contributed by atoms with E-state index in [4.69, 9.17) is 4.74 Å². The van der Waals surface area contributed by atoms with Gasteiger partial charge in [0.25, 0.3) is 0 Å². The van der Waals surface area contributed by atoms with Crippen LogP contribution in [0.3, 0.4) is 0 Å². The first-order valence-electron chi connectivity index (χ1n) is 10.9. The molecule has 0 aliphatic rings. The molecule has 0 unspecified atom stereocenters. The largest absolute Gasteiger partial charge is 0.497 e. The van der Waals surface area contributed by atoms with E-state index in [0.717, 1.165) is 22.7 Å². The molecule has 0 saturated carbocycles. The second-order valence-corrected chi connectivity index (χ2v) is 7.62. The van der Waals surface area contributed by atoms with Gasteiger partial charge >= 0.3 is 0 Å². The topological polar surface area (TPSA) is 101 Å². The molecule has 8 nitrogen and oxygen atoms in total. The molecule has 1 amide bonds. The highest BCUT2D eigenvalue weighted by Gasteiger charge is 2.06. The van der Waals surface area contributed by atoms with Crippen LogP contribution in [0.5, 0.6) is 5.75 Å². The molecule has 2 heterocycles. The number of carbonyl (C=O) groups is 1. The number of benzene rings is 2. The summed E-state index contributed by atoms with van der Waals surface area (Å²) in [4.78, 5) is 25.4. The van der Waals surface area contributed by atoms with Gasteiger partial charge in [0.05, 0.1) is 7.11 Å². The summed E-state index contributed by atoms with van der Waals surface area (Å²) in [5.74, 6) is 3.41. The molecule has 0 aliphatic carbocycles. The quantitative estimate of drug-likeness (QED) is 0.318. The Labute approximate surface area is 198 Å². The maximum atomic E-state index is 12.3. The van der Waals surface area contributed by atoms with Crippen LogP contribution in [0, 0.1) is 6.92 Å². The van der Waals surface area contributed by atoms with E-state index in [-0.39, 0.29) is 5.91 Å². The highest BCUT2D eigenvalue weighted by molar-refractivity contribution is 5.91. The van der Waals surface area contributed by atoms with Gasteiger partial charge < -0.3 is 20.7 Å². The Hall–Kier alpha value is -4.46. The first kappa shape index (κ1) is 22.7. The molecule has 34 heavy (non-hydrogen) atoms. The number of ether oxygens (including phenoxy) is 1. The molecule has 0 spiro atoms. The zero-order valence-corrected chi connectivity index (χ0v) is 19.1. The van der Waals surface area contributed by atoms with Gasteiger partial charge in [-0.15, -0.1) is 0 Å². The van der Waals surface area contributed by atoms with E-state index >= 15 is 0 Å². The Balaban J connectivity index is 1.32. The standard InChI is InChI=1S/C26H26N6O2/c1-18-28-24(17-25(29-18)32-23-5-3-4-16-27-23)30-20-9-11-21(12-10-20)31-26(33)15-8-19-6-13-22(34-2)14-7-19/h3-7,9-14,16-17H,8,15H2,1-2H3,(H,31,33)(H2,27,28,29,30,32). The fourth-order valence-corrected chi connectivity index (χ4v) is 3.32. The van der Waals surface area contributed by atoms with Gasteiger partial charge in [-0.2, -0.15) is 0 Å². The number of hydrogen-bond donors (Lipinski definition) is 3. The van der Waals surface area contributed by atoms with Crippen LogP contribution < -0.4 is 20.7 Å². The molecule has 8 heteroatoms. The van der Waals surface area contributed by atoms with Gasteiger partial charge in [0, 0.05) is 30.1 Å². The number of methoxy groups -OCH3 is 1. The average molecular weight is 455 g/mol. The normalized spacial score (nSPS) is 10.4. The molecule has 2 aromatic heterocycles. The van der Waals surface area contributed by atoms with Crippen molar-refractivity contribution in [1.29, 1.82) is 0 Å². The van der Waals surface area contributed by atoms with Crippen LogP contribution in [-0.4, -0.2) is 28.0 Å². The molecule has 0 aliphatic heterocycles. The summed E-state index contributed by atoms with van der Waals surface area (Å²) in [6, 6.07) is 22.7. The summed E-state index contributed by atoms with van der Waals surface area (Å²) in [5.41, 5.74) is 2.67. The van der Waals surface area contributed by atoms with Crippen LogP contribution in [0.25, 0.3) is 0 Å². The number of hydrogen-bond acceptors (Lipinski definition) is 7. The van der Waals surface area contributed by atoms with Crippen molar-refractivity contribution < 1.29 is 9.53 Å². The van der Waals surface area contributed by atoms with E-state index in [1.807, 2.05) is 79.7 Å². The predicted molar refractivity (Wildman–Crippen MR) is 134 cm³/mol. The van der Waals surface area contributed by atoms with Gasteiger partial charge in [0.15, 0.2) is 0 Å². The monoisotopic (exact) mass is 454 g/mol. The fourth-order valence-electron chi connectivity index (χ4n) is 3.32. The molecule has 2 aromatic carbocycles. The summed E-state index contributed by atoms with van der Waals surface area (Å²) in [5, 5.41) is 9.39. The maximum Gasteiger partial charge on any atom is 0.224 e. The Bertz CT molecular complexity index is 1230. The molecule has 4 rings (SSSR count). The second-order valence-electron chi connectivity index (χ2n) is 7.62. The second kappa shape index (κ2) is 10.9. The lowest BCUT2D eigenvalue weighted by atomic mass is 10.1. The number of rotatable bonds is 9. The zero-order valence-electron chi connectivity index (χ0n) is 19.1. The van der Waals surface area contributed by atoms with Crippen LogP contribution in [-0.2, 0) is 11.2 Å². The predicted octanol–water partition coefficient (Wildman–Crippen LogP) is 5.25. The van der Waals surface area contributed by atoms with Crippen LogP contribution in [0.4, 0.5) is 28.8 Å². The van der Waals surface area contributed by atoms with Crippen molar-refractivity contribution in [2.24, 2.45) is 0 Å². The summed E-state index contributed by atoms with van der Waals surface area (Å²) in [6.07, 6.45) is 2.78. The number of aromatic nitrogens is 3. The van der Waals surface area contributed by atoms with Gasteiger partial charge in [-0.3, -0.25) is 4.79 Å². The van der Waals surface area contributed by atoms with Crippen molar-refractivity contribution in [1.82, 2.24) is 15.0 Å². The fraction of sp³-hybridized carbons (Fsp3) is 0.154. The first-order chi connectivity index (χ1) is 16.6. The van der Waals surface area contributed by atoms with Crippen molar-refractivity contribution in [2.45, 2.75) is 19.8 Å². The minimum atomic E-state index is -0.0341. The van der Waals surface area contributed by atoms with Crippen LogP contribution in [0.2, 0.25) is 0 Å². The first-order valence-corrected chi connectivity index (χ1v) is 10.9. The molecule has 172 valence electrons. The molecule has 3 N–H and O–H groups in total. The van der Waals surface area contributed by atoms with E-state index in [2.05, 4.69) is 30.9 Å². The Morgan fingerprint density at radius 2 is 1.56 bits per heavy atom. The number of amides is 1. The van der Waals surface area contributed by atoms with Crippen molar-refractivity contribution in [3.63, 3.8) is 0 Å². The lowest BCUT2D eigenvalue weighted by molar-refractivity contribution is -0.116. The number of aryl methyl sites for hydroxylation is 2. The third kappa shape index (κ3) is 6.52.